The summed E-state index contributed by atoms with van der Waals surface area (Å²) in [5.74, 6) is -0.549. The van der Waals surface area contributed by atoms with Crippen molar-refractivity contribution >= 4 is 33.8 Å². The van der Waals surface area contributed by atoms with E-state index in [1.807, 2.05) is 43.3 Å². The summed E-state index contributed by atoms with van der Waals surface area (Å²) in [5, 5.41) is 20.3. The number of fused-ring (bicyclic) bond motifs is 1. The Bertz CT molecular complexity index is 1310. The summed E-state index contributed by atoms with van der Waals surface area (Å²) in [5.41, 5.74) is -0.399. The van der Waals surface area contributed by atoms with Crippen LogP contribution in [0.2, 0.25) is 0 Å². The zero-order valence-corrected chi connectivity index (χ0v) is 20.0. The molecule has 0 saturated carbocycles. The van der Waals surface area contributed by atoms with Crippen molar-refractivity contribution in [3.63, 3.8) is 0 Å². The fourth-order valence-corrected chi connectivity index (χ4v) is 4.57. The number of hydrogen-bond acceptors (Lipinski definition) is 5. The molecule has 0 bridgehead atoms. The molecule has 10 heteroatoms. The van der Waals surface area contributed by atoms with Crippen molar-refractivity contribution in [2.45, 2.75) is 25.6 Å². The number of rotatable bonds is 8. The van der Waals surface area contributed by atoms with E-state index in [2.05, 4.69) is 10.4 Å². The highest BCUT2D eigenvalue weighted by atomic mass is 32.1. The SMILES string of the molecule is CCN(CC(O)(CNc1cc(C)cc2c1cnn2-c1ccccc1)C(F)(F)F)C(=O)c1cccs1. The number of benzene rings is 2. The quantitative estimate of drug-likeness (QED) is 0.345. The van der Waals surface area contributed by atoms with Crippen molar-refractivity contribution < 1.29 is 23.1 Å². The largest absolute Gasteiger partial charge is 0.420 e. The number of anilines is 1. The van der Waals surface area contributed by atoms with Crippen LogP contribution in [0.5, 0.6) is 0 Å². The standard InChI is InChI=1S/C25H25F3N4O2S/c1-3-31(23(33)22-10-7-11-35-22)16-24(34,25(26,27)28)15-29-20-12-17(2)13-21-19(20)14-30-32(21)18-8-5-4-6-9-18/h4-14,29,34H,3,15-16H2,1-2H3. The lowest BCUT2D eigenvalue weighted by Crippen LogP contribution is -2.58. The number of hydrogen-bond donors (Lipinski definition) is 2. The van der Waals surface area contributed by atoms with Gasteiger partial charge in [-0.05, 0) is 55.1 Å². The fraction of sp³-hybridized carbons (Fsp3) is 0.280. The van der Waals surface area contributed by atoms with Crippen LogP contribution < -0.4 is 5.32 Å². The highest BCUT2D eigenvalue weighted by molar-refractivity contribution is 7.12. The number of aromatic nitrogens is 2. The predicted octanol–water partition coefficient (Wildman–Crippen LogP) is 5.26. The van der Waals surface area contributed by atoms with Gasteiger partial charge in [0.25, 0.3) is 5.91 Å². The number of amides is 1. The van der Waals surface area contributed by atoms with E-state index in [1.54, 1.807) is 41.4 Å². The zero-order valence-electron chi connectivity index (χ0n) is 19.2. The van der Waals surface area contributed by atoms with E-state index >= 15 is 0 Å². The maximum absolute atomic E-state index is 14.1. The molecule has 2 heterocycles. The lowest BCUT2D eigenvalue weighted by molar-refractivity contribution is -0.257. The lowest BCUT2D eigenvalue weighted by atomic mass is 10.0. The summed E-state index contributed by atoms with van der Waals surface area (Å²) in [6.07, 6.45) is -3.39. The van der Waals surface area contributed by atoms with Crippen LogP contribution in [0.25, 0.3) is 16.6 Å². The third-order valence-electron chi connectivity index (χ3n) is 5.79. The highest BCUT2D eigenvalue weighted by Gasteiger charge is 2.55. The number of alkyl halides is 3. The molecule has 2 aromatic heterocycles. The first-order valence-electron chi connectivity index (χ1n) is 11.0. The van der Waals surface area contributed by atoms with Crippen LogP contribution in [0.15, 0.2) is 66.2 Å². The van der Waals surface area contributed by atoms with Gasteiger partial charge in [0.2, 0.25) is 0 Å². The first-order valence-corrected chi connectivity index (χ1v) is 11.9. The second-order valence-electron chi connectivity index (χ2n) is 8.32. The Kier molecular flexibility index (Phi) is 6.86. The molecule has 1 unspecified atom stereocenters. The molecule has 0 aliphatic heterocycles. The lowest BCUT2D eigenvalue weighted by Gasteiger charge is -2.35. The molecule has 0 spiro atoms. The number of nitrogens with zero attached hydrogens (tertiary/aromatic N) is 3. The molecule has 0 radical (unpaired) electrons. The van der Waals surface area contributed by atoms with Gasteiger partial charge < -0.3 is 15.3 Å². The second kappa shape index (κ2) is 9.71. The Hall–Kier alpha value is -3.37. The Morgan fingerprint density at radius 1 is 1.17 bits per heavy atom. The number of aryl methyl sites for hydroxylation is 1. The molecular formula is C25H25F3N4O2S. The van der Waals surface area contributed by atoms with E-state index in [4.69, 9.17) is 0 Å². The number of aliphatic hydroxyl groups is 1. The van der Waals surface area contributed by atoms with Gasteiger partial charge in [-0.3, -0.25) is 4.79 Å². The highest BCUT2D eigenvalue weighted by Crippen LogP contribution is 2.34. The van der Waals surface area contributed by atoms with Gasteiger partial charge in [0.15, 0.2) is 5.60 Å². The van der Waals surface area contributed by atoms with Gasteiger partial charge >= 0.3 is 6.18 Å². The predicted molar refractivity (Wildman–Crippen MR) is 131 cm³/mol. The van der Waals surface area contributed by atoms with Gasteiger partial charge in [0, 0.05) is 17.6 Å². The summed E-state index contributed by atoms with van der Waals surface area (Å²) in [4.78, 5) is 14.0. The molecule has 0 saturated heterocycles. The average Bonchev–Trinajstić information content (AvgIpc) is 3.51. The maximum atomic E-state index is 14.1. The maximum Gasteiger partial charge on any atom is 0.420 e. The monoisotopic (exact) mass is 502 g/mol. The fourth-order valence-electron chi connectivity index (χ4n) is 3.87. The zero-order chi connectivity index (χ0) is 25.2. The molecular weight excluding hydrogens is 477 g/mol. The number of para-hydroxylation sites is 1. The minimum Gasteiger partial charge on any atom is -0.381 e. The average molecular weight is 503 g/mol. The summed E-state index contributed by atoms with van der Waals surface area (Å²) in [7, 11) is 0. The van der Waals surface area contributed by atoms with Crippen molar-refractivity contribution in [1.82, 2.24) is 14.7 Å². The van der Waals surface area contributed by atoms with E-state index in [0.717, 1.165) is 33.0 Å². The molecule has 4 aromatic rings. The topological polar surface area (TPSA) is 70.4 Å². The molecule has 4 rings (SSSR count). The minimum atomic E-state index is -4.97. The Labute approximate surface area is 204 Å². The number of carbonyl (C=O) groups excluding carboxylic acids is 1. The van der Waals surface area contributed by atoms with Gasteiger partial charge in [-0.2, -0.15) is 18.3 Å². The van der Waals surface area contributed by atoms with Crippen LogP contribution in [0.4, 0.5) is 18.9 Å². The minimum absolute atomic E-state index is 0.0215. The van der Waals surface area contributed by atoms with Crippen LogP contribution in [0, 0.1) is 6.92 Å². The third-order valence-corrected chi connectivity index (χ3v) is 6.64. The molecule has 2 N–H and O–H groups in total. The molecule has 0 fully saturated rings. The van der Waals surface area contributed by atoms with E-state index in [1.165, 1.54) is 0 Å². The van der Waals surface area contributed by atoms with E-state index in [-0.39, 0.29) is 6.54 Å². The number of likely N-dealkylation sites (N-methyl/N-ethyl adjacent to an activating group) is 1. The molecule has 1 amide bonds. The Balaban J connectivity index is 1.63. The van der Waals surface area contributed by atoms with E-state index in [0.29, 0.717) is 16.0 Å². The molecule has 6 nitrogen and oxygen atoms in total. The van der Waals surface area contributed by atoms with Gasteiger partial charge in [-0.15, -0.1) is 11.3 Å². The summed E-state index contributed by atoms with van der Waals surface area (Å²) in [6.45, 7) is 1.71. The summed E-state index contributed by atoms with van der Waals surface area (Å²) < 4.78 is 44.0. The summed E-state index contributed by atoms with van der Waals surface area (Å²) >= 11 is 1.14. The first-order chi connectivity index (χ1) is 16.6. The normalized spacial score (nSPS) is 13.5. The molecule has 0 aliphatic carbocycles. The van der Waals surface area contributed by atoms with E-state index < -0.39 is 30.8 Å². The van der Waals surface area contributed by atoms with E-state index in [9.17, 15) is 23.1 Å². The van der Waals surface area contributed by atoms with Gasteiger partial charge in [-0.25, -0.2) is 4.68 Å². The van der Waals surface area contributed by atoms with Crippen molar-refractivity contribution in [3.05, 3.63) is 76.6 Å². The number of nitrogens with one attached hydrogen (secondary N) is 1. The van der Waals surface area contributed by atoms with Crippen molar-refractivity contribution in [2.24, 2.45) is 0 Å². The molecule has 35 heavy (non-hydrogen) atoms. The molecule has 1 atom stereocenters. The number of halogens is 3. The van der Waals surface area contributed by atoms with Gasteiger partial charge in [0.05, 0.1) is 35.4 Å². The van der Waals surface area contributed by atoms with Crippen LogP contribution in [-0.2, 0) is 0 Å². The van der Waals surface area contributed by atoms with Crippen LogP contribution in [-0.4, -0.2) is 57.1 Å². The number of thiophene rings is 1. The molecule has 184 valence electrons. The van der Waals surface area contributed by atoms with Crippen molar-refractivity contribution in [1.29, 1.82) is 0 Å². The van der Waals surface area contributed by atoms with Crippen LogP contribution in [0.3, 0.4) is 0 Å². The van der Waals surface area contributed by atoms with Crippen LogP contribution in [0.1, 0.15) is 22.2 Å². The third kappa shape index (κ3) is 5.03. The Morgan fingerprint density at radius 2 is 1.91 bits per heavy atom. The summed E-state index contributed by atoms with van der Waals surface area (Å²) in [6, 6.07) is 16.2. The second-order valence-corrected chi connectivity index (χ2v) is 9.26. The smallest absolute Gasteiger partial charge is 0.381 e. The van der Waals surface area contributed by atoms with Gasteiger partial charge in [-0.1, -0.05) is 24.3 Å². The molecule has 2 aromatic carbocycles. The van der Waals surface area contributed by atoms with Crippen molar-refractivity contribution in [2.75, 3.05) is 25.0 Å². The van der Waals surface area contributed by atoms with Crippen LogP contribution >= 0.6 is 11.3 Å². The number of carbonyl (C=O) groups is 1. The first kappa shape index (κ1) is 24.7. The van der Waals surface area contributed by atoms with Crippen molar-refractivity contribution in [3.8, 4) is 5.69 Å². The molecule has 0 aliphatic rings. The van der Waals surface area contributed by atoms with Gasteiger partial charge in [0.1, 0.15) is 0 Å². The Morgan fingerprint density at radius 3 is 2.54 bits per heavy atom.